The first-order chi connectivity index (χ1) is 13.0. The predicted octanol–water partition coefficient (Wildman–Crippen LogP) is 1.59. The van der Waals surface area contributed by atoms with Crippen molar-refractivity contribution in [1.82, 2.24) is 0 Å². The molecule has 6 nitrogen and oxygen atoms in total. The Hall–Kier alpha value is -2.56. The van der Waals surface area contributed by atoms with Crippen LogP contribution in [0.25, 0.3) is 0 Å². The molecule has 1 fully saturated rings. The molecule has 1 aromatic heterocycles. The van der Waals surface area contributed by atoms with Crippen LogP contribution in [0, 0.1) is 25.2 Å². The lowest BCUT2D eigenvalue weighted by atomic mass is 10.2. The van der Waals surface area contributed by atoms with Gasteiger partial charge in [-0.3, -0.25) is 4.79 Å². The van der Waals surface area contributed by atoms with Crippen LogP contribution in [-0.2, 0) is 4.79 Å². The average molecular weight is 386 g/mol. The van der Waals surface area contributed by atoms with E-state index in [0.717, 1.165) is 48.1 Å². The van der Waals surface area contributed by atoms with E-state index in [4.69, 9.17) is 4.74 Å². The van der Waals surface area contributed by atoms with Gasteiger partial charge in [0.15, 0.2) is 6.54 Å². The fourth-order valence-electron chi connectivity index (χ4n) is 3.31. The van der Waals surface area contributed by atoms with Crippen molar-refractivity contribution in [3.63, 3.8) is 0 Å². The molecule has 2 aromatic rings. The van der Waals surface area contributed by atoms with E-state index in [-0.39, 0.29) is 5.91 Å². The zero-order valence-electron chi connectivity index (χ0n) is 16.0. The third kappa shape index (κ3) is 4.41. The minimum Gasteiger partial charge on any atom is -0.497 e. The highest BCUT2D eigenvalue weighted by atomic mass is 32.1. The molecule has 3 rings (SSSR count). The highest BCUT2D eigenvalue weighted by Gasteiger charge is 2.23. The molecular weight excluding hydrogens is 360 g/mol. The minimum atomic E-state index is -0.0300. The van der Waals surface area contributed by atoms with Crippen LogP contribution in [0.15, 0.2) is 24.3 Å². The number of piperazine rings is 1. The summed E-state index contributed by atoms with van der Waals surface area (Å²) in [7, 11) is 1.67. The highest BCUT2D eigenvalue weighted by molar-refractivity contribution is 7.16. The molecule has 0 aliphatic carbocycles. The van der Waals surface area contributed by atoms with Gasteiger partial charge in [0.05, 0.1) is 38.9 Å². The fraction of sp³-hybridized carbons (Fsp3) is 0.400. The van der Waals surface area contributed by atoms with Crippen LogP contribution < -0.4 is 19.9 Å². The number of thiophene rings is 1. The number of amides is 1. The van der Waals surface area contributed by atoms with E-state index < -0.39 is 0 Å². The number of nitriles is 1. The van der Waals surface area contributed by atoms with Crippen molar-refractivity contribution < 1.29 is 14.4 Å². The zero-order valence-corrected chi connectivity index (χ0v) is 16.8. The Balaban J connectivity index is 1.54. The number of methoxy groups -OCH3 is 1. The average Bonchev–Trinajstić information content (AvgIpc) is 2.95. The van der Waals surface area contributed by atoms with Crippen LogP contribution in [0.4, 0.5) is 10.7 Å². The molecule has 1 saturated heterocycles. The van der Waals surface area contributed by atoms with E-state index in [1.165, 1.54) is 16.2 Å². The van der Waals surface area contributed by atoms with Crippen molar-refractivity contribution in [2.45, 2.75) is 13.8 Å². The van der Waals surface area contributed by atoms with Gasteiger partial charge >= 0.3 is 0 Å². The van der Waals surface area contributed by atoms with Gasteiger partial charge in [0.1, 0.15) is 16.8 Å². The smallest absolute Gasteiger partial charge is 0.280 e. The summed E-state index contributed by atoms with van der Waals surface area (Å²) in [6.07, 6.45) is 0. The standard InChI is InChI=1S/C20H24N4O2S/c1-14-15(2)27-20(18(14)12-21)22-19(25)13-23-7-9-24(10-8-23)16-5-4-6-17(11-16)26-3/h4-6,11H,7-10,13H2,1-3H3,(H,22,25)/p+1. The molecule has 2 N–H and O–H groups in total. The number of carbonyl (C=O) groups excluding carboxylic acids is 1. The molecule has 0 atom stereocenters. The van der Waals surface area contributed by atoms with Crippen LogP contribution in [0.3, 0.4) is 0 Å². The molecule has 7 heteroatoms. The molecule has 142 valence electrons. The lowest BCUT2D eigenvalue weighted by Gasteiger charge is -2.33. The number of anilines is 2. The van der Waals surface area contributed by atoms with Gasteiger partial charge in [0, 0.05) is 16.6 Å². The number of benzene rings is 1. The van der Waals surface area contributed by atoms with Gasteiger partial charge in [0.25, 0.3) is 5.91 Å². The van der Waals surface area contributed by atoms with E-state index in [9.17, 15) is 10.1 Å². The molecule has 1 aliphatic rings. The minimum absolute atomic E-state index is 0.0300. The third-order valence-electron chi connectivity index (χ3n) is 5.05. The normalized spacial score (nSPS) is 14.7. The summed E-state index contributed by atoms with van der Waals surface area (Å²) in [6.45, 7) is 7.92. The second kappa shape index (κ2) is 8.42. The molecule has 2 heterocycles. The number of nitrogens with one attached hydrogen (secondary N) is 2. The number of rotatable bonds is 5. The lowest BCUT2D eigenvalue weighted by Crippen LogP contribution is -3.15. The monoisotopic (exact) mass is 385 g/mol. The first-order valence-corrected chi connectivity index (χ1v) is 9.86. The number of hydrogen-bond donors (Lipinski definition) is 2. The van der Waals surface area contributed by atoms with Gasteiger partial charge in [-0.25, -0.2) is 0 Å². The summed E-state index contributed by atoms with van der Waals surface area (Å²) in [5.74, 6) is 0.828. The quantitative estimate of drug-likeness (QED) is 0.820. The van der Waals surface area contributed by atoms with Crippen molar-refractivity contribution >= 4 is 27.9 Å². The number of hydrogen-bond acceptors (Lipinski definition) is 5. The van der Waals surface area contributed by atoms with Gasteiger partial charge in [-0.2, -0.15) is 5.26 Å². The molecule has 1 amide bonds. The summed E-state index contributed by atoms with van der Waals surface area (Å²) < 4.78 is 5.30. The van der Waals surface area contributed by atoms with Crippen molar-refractivity contribution in [3.8, 4) is 11.8 Å². The molecule has 0 unspecified atom stereocenters. The van der Waals surface area contributed by atoms with Gasteiger partial charge in [-0.05, 0) is 31.5 Å². The fourth-order valence-corrected chi connectivity index (χ4v) is 4.34. The van der Waals surface area contributed by atoms with Crippen LogP contribution in [0.5, 0.6) is 5.75 Å². The molecular formula is C20H25N4O2S+. The Morgan fingerprint density at radius 3 is 2.78 bits per heavy atom. The number of quaternary nitrogens is 1. The Bertz CT molecular complexity index is 863. The Morgan fingerprint density at radius 1 is 1.37 bits per heavy atom. The Labute approximate surface area is 164 Å². The number of aryl methyl sites for hydroxylation is 1. The van der Waals surface area contributed by atoms with E-state index in [1.807, 2.05) is 32.0 Å². The Morgan fingerprint density at radius 2 is 2.11 bits per heavy atom. The largest absolute Gasteiger partial charge is 0.497 e. The van der Waals surface area contributed by atoms with Crippen LogP contribution >= 0.6 is 11.3 Å². The maximum atomic E-state index is 12.4. The Kier molecular flexibility index (Phi) is 5.99. The van der Waals surface area contributed by atoms with Gasteiger partial charge in [-0.1, -0.05) is 6.07 Å². The molecule has 27 heavy (non-hydrogen) atoms. The second-order valence-corrected chi connectivity index (χ2v) is 7.99. The van der Waals surface area contributed by atoms with Gasteiger partial charge in [0.2, 0.25) is 0 Å². The van der Waals surface area contributed by atoms with Gasteiger partial charge < -0.3 is 19.9 Å². The van der Waals surface area contributed by atoms with E-state index in [2.05, 4.69) is 22.4 Å². The first-order valence-electron chi connectivity index (χ1n) is 9.04. The van der Waals surface area contributed by atoms with E-state index in [1.54, 1.807) is 7.11 Å². The molecule has 0 saturated carbocycles. The summed E-state index contributed by atoms with van der Waals surface area (Å²) in [6, 6.07) is 10.3. The summed E-state index contributed by atoms with van der Waals surface area (Å²) in [4.78, 5) is 17.1. The summed E-state index contributed by atoms with van der Waals surface area (Å²) in [5, 5.41) is 12.9. The molecule has 1 aliphatic heterocycles. The van der Waals surface area contributed by atoms with Crippen LogP contribution in [0.2, 0.25) is 0 Å². The number of nitrogens with zero attached hydrogens (tertiary/aromatic N) is 2. The lowest BCUT2D eigenvalue weighted by molar-refractivity contribution is -0.892. The zero-order chi connectivity index (χ0) is 19.4. The van der Waals surface area contributed by atoms with Crippen molar-refractivity contribution in [3.05, 3.63) is 40.3 Å². The van der Waals surface area contributed by atoms with E-state index in [0.29, 0.717) is 17.1 Å². The number of carbonyl (C=O) groups is 1. The van der Waals surface area contributed by atoms with Crippen LogP contribution in [0.1, 0.15) is 16.0 Å². The molecule has 0 bridgehead atoms. The summed E-state index contributed by atoms with van der Waals surface area (Å²) >= 11 is 1.47. The maximum absolute atomic E-state index is 12.4. The molecule has 0 spiro atoms. The second-order valence-electron chi connectivity index (χ2n) is 6.76. The van der Waals surface area contributed by atoms with Crippen molar-refractivity contribution in [1.29, 1.82) is 5.26 Å². The first kappa shape index (κ1) is 19.2. The van der Waals surface area contributed by atoms with Crippen molar-refractivity contribution in [2.75, 3.05) is 50.1 Å². The van der Waals surface area contributed by atoms with E-state index >= 15 is 0 Å². The highest BCUT2D eigenvalue weighted by Crippen LogP contribution is 2.31. The molecule has 0 radical (unpaired) electrons. The number of ether oxygens (including phenoxy) is 1. The predicted molar refractivity (Wildman–Crippen MR) is 108 cm³/mol. The van der Waals surface area contributed by atoms with Gasteiger partial charge in [-0.15, -0.1) is 11.3 Å². The third-order valence-corrected chi connectivity index (χ3v) is 6.17. The summed E-state index contributed by atoms with van der Waals surface area (Å²) in [5.41, 5.74) is 2.70. The molecule has 1 aromatic carbocycles. The maximum Gasteiger partial charge on any atom is 0.280 e. The topological polar surface area (TPSA) is 69.8 Å². The van der Waals surface area contributed by atoms with Crippen molar-refractivity contribution in [2.24, 2.45) is 0 Å². The van der Waals surface area contributed by atoms with Crippen LogP contribution in [-0.4, -0.2) is 45.7 Å². The SMILES string of the molecule is COc1cccc(N2CC[NH+](CC(=O)Nc3sc(C)c(C)c3C#N)CC2)c1.